The number of allylic oxidation sites excluding steroid dienone is 6. The number of ketones is 2. The van der Waals surface area contributed by atoms with Crippen LogP contribution in [0, 0.1) is 17.8 Å². The van der Waals surface area contributed by atoms with Crippen molar-refractivity contribution >= 4 is 40.2 Å². The standard InChI is InChI=1S/C37H28N2O7/c1-18-15-29(41)26-17-24-22(31(33(26)34(18)42)25-16-21(45-2)11-14-28(25)40)12-13-23-32(24)37(44)39(36(23)43)20-9-7-19(8-10-20)35-38-27-5-3-4-6-30(27)46-35/h3-12,14-16,23-24,31-32,40H,13,17H2,1-2H3. The number of aromatic nitrogens is 1. The van der Waals surface area contributed by atoms with E-state index in [9.17, 15) is 24.3 Å². The van der Waals surface area contributed by atoms with Gasteiger partial charge in [-0.05, 0) is 86.4 Å². The number of carbonyl (C=O) groups is 4. The third kappa shape index (κ3) is 4.04. The number of fused-ring (bicyclic) bond motifs is 4. The monoisotopic (exact) mass is 612 g/mol. The number of ether oxygens (including phenoxy) is 1. The number of hydrogen-bond donors (Lipinski definition) is 1. The number of benzene rings is 3. The van der Waals surface area contributed by atoms with Crippen LogP contribution < -0.4 is 9.64 Å². The maximum absolute atomic E-state index is 14.2. The summed E-state index contributed by atoms with van der Waals surface area (Å²) in [6.45, 7) is 1.61. The van der Waals surface area contributed by atoms with Gasteiger partial charge < -0.3 is 14.3 Å². The maximum atomic E-state index is 14.2. The van der Waals surface area contributed by atoms with Crippen LogP contribution in [0.2, 0.25) is 0 Å². The molecular weight excluding hydrogens is 584 g/mol. The van der Waals surface area contributed by atoms with E-state index in [1.54, 1.807) is 43.3 Å². The number of anilines is 1. The SMILES string of the molecule is COc1ccc(O)c(C2C3=CCC4C(=O)N(c5ccc(-c6nc7ccccc7o6)cc5)C(=O)C4C3CC3=C2C(=O)C(C)=CC3=O)c1. The molecule has 1 fully saturated rings. The molecule has 0 spiro atoms. The Kier molecular flexibility index (Phi) is 6.22. The quantitative estimate of drug-likeness (QED) is 0.173. The van der Waals surface area contributed by atoms with E-state index in [1.165, 1.54) is 24.2 Å². The molecule has 2 amide bonds. The van der Waals surface area contributed by atoms with Crippen LogP contribution in [0.3, 0.4) is 0 Å². The van der Waals surface area contributed by atoms with Gasteiger partial charge in [-0.1, -0.05) is 23.8 Å². The minimum absolute atomic E-state index is 0.0525. The largest absolute Gasteiger partial charge is 0.508 e. The van der Waals surface area contributed by atoms with E-state index in [4.69, 9.17) is 9.15 Å². The highest BCUT2D eigenvalue weighted by Gasteiger charge is 2.56. The fourth-order valence-corrected chi connectivity index (χ4v) is 7.61. The van der Waals surface area contributed by atoms with Crippen LogP contribution in [0.5, 0.6) is 11.5 Å². The summed E-state index contributed by atoms with van der Waals surface area (Å²) in [7, 11) is 1.51. The molecule has 3 aliphatic carbocycles. The number of nitrogens with zero attached hydrogens (tertiary/aromatic N) is 2. The zero-order valence-corrected chi connectivity index (χ0v) is 25.0. The van der Waals surface area contributed by atoms with E-state index < -0.39 is 23.7 Å². The highest BCUT2D eigenvalue weighted by molar-refractivity contribution is 6.25. The number of methoxy groups -OCH3 is 1. The van der Waals surface area contributed by atoms with E-state index >= 15 is 0 Å². The van der Waals surface area contributed by atoms with Gasteiger partial charge in [-0.25, -0.2) is 4.98 Å². The average Bonchev–Trinajstić information content (AvgIpc) is 3.61. The summed E-state index contributed by atoms with van der Waals surface area (Å²) < 4.78 is 11.3. The van der Waals surface area contributed by atoms with Crippen molar-refractivity contribution < 1.29 is 33.4 Å². The Morgan fingerprint density at radius 3 is 2.50 bits per heavy atom. The Bertz CT molecular complexity index is 2080. The van der Waals surface area contributed by atoms with Gasteiger partial charge in [0.15, 0.2) is 17.1 Å². The molecule has 4 atom stereocenters. The van der Waals surface area contributed by atoms with Crippen LogP contribution in [0.4, 0.5) is 5.69 Å². The molecule has 4 aliphatic rings. The van der Waals surface area contributed by atoms with Crippen LogP contribution in [0.25, 0.3) is 22.6 Å². The van der Waals surface area contributed by atoms with Crippen molar-refractivity contribution in [3.8, 4) is 23.0 Å². The molecule has 3 aromatic carbocycles. The summed E-state index contributed by atoms with van der Waals surface area (Å²) in [5, 5.41) is 11.0. The number of para-hydroxylation sites is 2. The zero-order chi connectivity index (χ0) is 31.9. The van der Waals surface area contributed by atoms with Gasteiger partial charge in [-0.3, -0.25) is 24.1 Å². The van der Waals surface area contributed by atoms with Crippen molar-refractivity contribution in [2.24, 2.45) is 17.8 Å². The number of amides is 2. The number of aromatic hydroxyl groups is 1. The molecule has 8 rings (SSSR count). The molecule has 1 saturated heterocycles. The van der Waals surface area contributed by atoms with Crippen molar-refractivity contribution in [1.29, 1.82) is 0 Å². The second-order valence-electron chi connectivity index (χ2n) is 12.2. The van der Waals surface area contributed by atoms with Crippen LogP contribution in [0.15, 0.2) is 106 Å². The van der Waals surface area contributed by atoms with Crippen molar-refractivity contribution in [3.05, 3.63) is 107 Å². The Hall–Kier alpha value is -5.57. The molecule has 4 aromatic rings. The predicted molar refractivity (Wildman–Crippen MR) is 168 cm³/mol. The first-order chi connectivity index (χ1) is 22.2. The van der Waals surface area contributed by atoms with Crippen molar-refractivity contribution in [3.63, 3.8) is 0 Å². The fraction of sp³-hybridized carbons (Fsp3) is 0.216. The number of carbonyl (C=O) groups excluding carboxylic acids is 4. The summed E-state index contributed by atoms with van der Waals surface area (Å²) >= 11 is 0. The predicted octanol–water partition coefficient (Wildman–Crippen LogP) is 5.84. The van der Waals surface area contributed by atoms with Gasteiger partial charge in [0.25, 0.3) is 0 Å². The molecule has 0 bridgehead atoms. The number of hydrogen-bond acceptors (Lipinski definition) is 8. The van der Waals surface area contributed by atoms with E-state index in [0.29, 0.717) is 57.2 Å². The Morgan fingerprint density at radius 1 is 0.957 bits per heavy atom. The molecule has 228 valence electrons. The fourth-order valence-electron chi connectivity index (χ4n) is 7.61. The van der Waals surface area contributed by atoms with Gasteiger partial charge >= 0.3 is 0 Å². The molecule has 9 heteroatoms. The van der Waals surface area contributed by atoms with Crippen LogP contribution in [-0.2, 0) is 19.2 Å². The number of phenolic OH excluding ortho intramolecular Hbond substituents is 1. The highest BCUT2D eigenvalue weighted by atomic mass is 16.5. The number of Topliss-reactive ketones (excluding diaryl/α,β-unsaturated/α-hetero) is 1. The molecule has 4 unspecified atom stereocenters. The molecule has 0 radical (unpaired) electrons. The number of imide groups is 1. The summed E-state index contributed by atoms with van der Waals surface area (Å²) in [5.74, 6) is -2.98. The first-order valence-corrected chi connectivity index (χ1v) is 15.2. The lowest BCUT2D eigenvalue weighted by molar-refractivity contribution is -0.123. The maximum Gasteiger partial charge on any atom is 0.238 e. The topological polar surface area (TPSA) is 127 Å². The molecule has 2 heterocycles. The molecule has 46 heavy (non-hydrogen) atoms. The molecular formula is C37H28N2O7. The third-order valence-electron chi connectivity index (χ3n) is 9.78. The van der Waals surface area contributed by atoms with Gasteiger partial charge in [-0.15, -0.1) is 0 Å². The van der Waals surface area contributed by atoms with Gasteiger partial charge in [0, 0.05) is 33.8 Å². The lowest BCUT2D eigenvalue weighted by Crippen LogP contribution is -2.39. The van der Waals surface area contributed by atoms with E-state index in [0.717, 1.165) is 11.1 Å². The number of phenols is 1. The molecule has 1 N–H and O–H groups in total. The molecule has 1 aliphatic heterocycles. The minimum atomic E-state index is -0.766. The van der Waals surface area contributed by atoms with E-state index in [-0.39, 0.29) is 35.6 Å². The van der Waals surface area contributed by atoms with Crippen molar-refractivity contribution in [2.45, 2.75) is 25.7 Å². The summed E-state index contributed by atoms with van der Waals surface area (Å²) in [5.41, 5.74) is 4.67. The first-order valence-electron chi connectivity index (χ1n) is 15.2. The van der Waals surface area contributed by atoms with Crippen LogP contribution >= 0.6 is 0 Å². The molecule has 0 saturated carbocycles. The van der Waals surface area contributed by atoms with Gasteiger partial charge in [0.2, 0.25) is 17.7 Å². The Labute approximate surface area is 263 Å². The lowest BCUT2D eigenvalue weighted by atomic mass is 9.59. The molecule has 9 nitrogen and oxygen atoms in total. The average molecular weight is 613 g/mol. The Balaban J connectivity index is 1.17. The smallest absolute Gasteiger partial charge is 0.238 e. The Morgan fingerprint density at radius 2 is 1.74 bits per heavy atom. The lowest BCUT2D eigenvalue weighted by Gasteiger charge is -2.42. The highest BCUT2D eigenvalue weighted by Crippen LogP contribution is 2.56. The zero-order valence-electron chi connectivity index (χ0n) is 25.0. The second kappa shape index (κ2) is 10.2. The van der Waals surface area contributed by atoms with E-state index in [2.05, 4.69) is 4.98 Å². The summed E-state index contributed by atoms with van der Waals surface area (Å²) in [6, 6.07) is 19.2. The van der Waals surface area contributed by atoms with Crippen molar-refractivity contribution in [1.82, 2.24) is 4.98 Å². The summed E-state index contributed by atoms with van der Waals surface area (Å²) in [4.78, 5) is 60.9. The van der Waals surface area contributed by atoms with Crippen LogP contribution in [-0.4, -0.2) is 40.6 Å². The van der Waals surface area contributed by atoms with Crippen molar-refractivity contribution in [2.75, 3.05) is 12.0 Å². The number of rotatable bonds is 4. The second-order valence-corrected chi connectivity index (χ2v) is 12.2. The van der Waals surface area contributed by atoms with E-state index in [1.807, 2.05) is 30.3 Å². The first kappa shape index (κ1) is 27.9. The minimum Gasteiger partial charge on any atom is -0.508 e. The van der Waals surface area contributed by atoms with Gasteiger partial charge in [-0.2, -0.15) is 0 Å². The summed E-state index contributed by atoms with van der Waals surface area (Å²) in [6.07, 6.45) is 3.71. The third-order valence-corrected chi connectivity index (χ3v) is 9.78. The molecule has 1 aromatic heterocycles. The number of oxazole rings is 1. The van der Waals surface area contributed by atoms with Gasteiger partial charge in [0.05, 0.1) is 24.6 Å². The van der Waals surface area contributed by atoms with Crippen LogP contribution in [0.1, 0.15) is 31.2 Å². The van der Waals surface area contributed by atoms with Gasteiger partial charge in [0.1, 0.15) is 17.0 Å². The normalized spacial score (nSPS) is 24.1.